The van der Waals surface area contributed by atoms with Crippen molar-refractivity contribution in [3.63, 3.8) is 0 Å². The molecule has 3 aromatic carbocycles. The number of nitrogens with zero attached hydrogens (tertiary/aromatic N) is 3. The molecule has 0 fully saturated rings. The number of carbonyl (C=O) groups excluding carboxylic acids is 1. The summed E-state index contributed by atoms with van der Waals surface area (Å²) in [5.74, 6) is 0.320. The molecule has 1 unspecified atom stereocenters. The smallest absolute Gasteiger partial charge is 0.260 e. The first-order chi connectivity index (χ1) is 16.9. The van der Waals surface area contributed by atoms with Gasteiger partial charge in [0.1, 0.15) is 28.9 Å². The molecule has 2 heterocycles. The number of phenolic OH excluding ortho intramolecular Hbond substituents is 1. The van der Waals surface area contributed by atoms with Crippen molar-refractivity contribution in [1.29, 1.82) is 0 Å². The molecule has 7 nitrogen and oxygen atoms in total. The summed E-state index contributed by atoms with van der Waals surface area (Å²) in [5.41, 5.74) is 3.60. The van der Waals surface area contributed by atoms with Crippen LogP contribution in [0.4, 0.5) is 15.9 Å². The molecule has 176 valence electrons. The Morgan fingerprint density at radius 1 is 1.06 bits per heavy atom. The number of nitrogens with one attached hydrogen (secondary N) is 1. The number of aromatic nitrogens is 2. The first kappa shape index (κ1) is 22.4. The number of anilines is 2. The van der Waals surface area contributed by atoms with Crippen molar-refractivity contribution in [3.05, 3.63) is 102 Å². The van der Waals surface area contributed by atoms with Crippen molar-refractivity contribution in [2.75, 3.05) is 5.32 Å². The van der Waals surface area contributed by atoms with E-state index in [0.29, 0.717) is 28.5 Å². The van der Waals surface area contributed by atoms with E-state index in [1.165, 1.54) is 29.2 Å². The minimum atomic E-state index is -1.44. The van der Waals surface area contributed by atoms with Crippen molar-refractivity contribution in [1.82, 2.24) is 14.5 Å². The fraction of sp³-hybridized carbons (Fsp3) is 0.111. The molecule has 4 aromatic rings. The maximum atomic E-state index is 13.6. The van der Waals surface area contributed by atoms with E-state index in [4.69, 9.17) is 4.98 Å². The van der Waals surface area contributed by atoms with Crippen molar-refractivity contribution >= 4 is 23.6 Å². The number of hydrogen-bond acceptors (Lipinski definition) is 5. The predicted octanol–water partition coefficient (Wildman–Crippen LogP) is 4.95. The van der Waals surface area contributed by atoms with E-state index in [0.717, 1.165) is 11.3 Å². The molecule has 0 saturated heterocycles. The van der Waals surface area contributed by atoms with Gasteiger partial charge in [0.2, 0.25) is 0 Å². The average Bonchev–Trinajstić information content (AvgIpc) is 3.22. The van der Waals surface area contributed by atoms with Gasteiger partial charge < -0.3 is 20.4 Å². The summed E-state index contributed by atoms with van der Waals surface area (Å²) in [5, 5.41) is 23.7. The number of aliphatic hydroxyl groups is 1. The van der Waals surface area contributed by atoms with Crippen LogP contribution in [0.2, 0.25) is 0 Å². The van der Waals surface area contributed by atoms with Crippen molar-refractivity contribution in [3.8, 4) is 17.0 Å². The third-order valence-corrected chi connectivity index (χ3v) is 5.83. The van der Waals surface area contributed by atoms with Gasteiger partial charge in [0.25, 0.3) is 5.91 Å². The SMILES string of the molecule is Cc1ccc(Nc2c(-c3ccc(F)cc3)nc3n2C=CN(C(=O)C(O)c2cccc(O)c2)C3)cc1. The number of amides is 1. The summed E-state index contributed by atoms with van der Waals surface area (Å²) < 4.78 is 15.4. The van der Waals surface area contributed by atoms with E-state index in [-0.39, 0.29) is 18.1 Å². The molecule has 1 aliphatic rings. The predicted molar refractivity (Wildman–Crippen MR) is 131 cm³/mol. The number of hydrogen-bond donors (Lipinski definition) is 3. The van der Waals surface area contributed by atoms with E-state index in [9.17, 15) is 19.4 Å². The van der Waals surface area contributed by atoms with Crippen molar-refractivity contribution in [2.24, 2.45) is 0 Å². The lowest BCUT2D eigenvalue weighted by atomic mass is 10.1. The number of aromatic hydroxyl groups is 1. The molecule has 35 heavy (non-hydrogen) atoms. The lowest BCUT2D eigenvalue weighted by Gasteiger charge is -2.25. The number of fused-ring (bicyclic) bond motifs is 1. The van der Waals surface area contributed by atoms with Crippen LogP contribution < -0.4 is 5.32 Å². The number of benzene rings is 3. The van der Waals surface area contributed by atoms with Crippen LogP contribution in [-0.2, 0) is 11.3 Å². The zero-order chi connectivity index (χ0) is 24.5. The third-order valence-electron chi connectivity index (χ3n) is 5.83. The largest absolute Gasteiger partial charge is 0.508 e. The van der Waals surface area contributed by atoms with E-state index in [1.807, 2.05) is 35.8 Å². The minimum Gasteiger partial charge on any atom is -0.508 e. The van der Waals surface area contributed by atoms with Crippen LogP contribution in [0.1, 0.15) is 23.1 Å². The van der Waals surface area contributed by atoms with Gasteiger partial charge in [-0.15, -0.1) is 0 Å². The Labute approximate surface area is 201 Å². The number of imidazole rings is 1. The van der Waals surface area contributed by atoms with Gasteiger partial charge in [-0.3, -0.25) is 9.36 Å². The Hall–Kier alpha value is -4.43. The Morgan fingerprint density at radius 3 is 2.51 bits per heavy atom. The number of aryl methyl sites for hydroxylation is 1. The Morgan fingerprint density at radius 2 is 1.80 bits per heavy atom. The van der Waals surface area contributed by atoms with Crippen LogP contribution in [-0.4, -0.2) is 30.6 Å². The van der Waals surface area contributed by atoms with Gasteiger partial charge in [0.15, 0.2) is 6.10 Å². The number of phenols is 1. The molecule has 0 spiro atoms. The maximum absolute atomic E-state index is 13.6. The number of rotatable bonds is 5. The second-order valence-electron chi connectivity index (χ2n) is 8.35. The minimum absolute atomic E-state index is 0.0326. The highest BCUT2D eigenvalue weighted by Gasteiger charge is 2.28. The van der Waals surface area contributed by atoms with Gasteiger partial charge in [-0.1, -0.05) is 29.8 Å². The van der Waals surface area contributed by atoms with Crippen molar-refractivity contribution < 1.29 is 19.4 Å². The summed E-state index contributed by atoms with van der Waals surface area (Å²) in [6.07, 6.45) is 1.84. The Bertz CT molecular complexity index is 1410. The van der Waals surface area contributed by atoms with Crippen LogP contribution in [0.5, 0.6) is 5.75 Å². The van der Waals surface area contributed by atoms with E-state index in [2.05, 4.69) is 5.32 Å². The van der Waals surface area contributed by atoms with Gasteiger partial charge >= 0.3 is 0 Å². The first-order valence-electron chi connectivity index (χ1n) is 11.1. The summed E-state index contributed by atoms with van der Waals surface area (Å²) in [6, 6.07) is 19.9. The molecule has 1 aliphatic heterocycles. The third kappa shape index (κ3) is 4.51. The first-order valence-corrected chi connectivity index (χ1v) is 11.1. The molecular weight excluding hydrogens is 447 g/mol. The molecule has 0 saturated carbocycles. The second-order valence-corrected chi connectivity index (χ2v) is 8.35. The Balaban J connectivity index is 1.49. The summed E-state index contributed by atoms with van der Waals surface area (Å²) in [6.45, 7) is 2.13. The zero-order valence-corrected chi connectivity index (χ0v) is 18.9. The fourth-order valence-corrected chi connectivity index (χ4v) is 3.95. The van der Waals surface area contributed by atoms with Crippen LogP contribution in [0.25, 0.3) is 17.5 Å². The number of aliphatic hydroxyl groups excluding tert-OH is 1. The lowest BCUT2D eigenvalue weighted by Crippen LogP contribution is -2.33. The molecule has 1 atom stereocenters. The molecule has 0 aliphatic carbocycles. The highest BCUT2D eigenvalue weighted by Crippen LogP contribution is 2.34. The number of carbonyl (C=O) groups is 1. The molecule has 3 N–H and O–H groups in total. The molecule has 0 radical (unpaired) electrons. The van der Waals surface area contributed by atoms with Crippen LogP contribution in [0.3, 0.4) is 0 Å². The van der Waals surface area contributed by atoms with E-state index in [1.54, 1.807) is 36.7 Å². The monoisotopic (exact) mass is 470 g/mol. The summed E-state index contributed by atoms with van der Waals surface area (Å²) in [7, 11) is 0. The van der Waals surface area contributed by atoms with Gasteiger partial charge in [-0.2, -0.15) is 0 Å². The molecule has 8 heteroatoms. The van der Waals surface area contributed by atoms with Crippen LogP contribution >= 0.6 is 0 Å². The molecule has 1 aromatic heterocycles. The van der Waals surface area contributed by atoms with E-state index >= 15 is 0 Å². The Kier molecular flexibility index (Phi) is 5.80. The van der Waals surface area contributed by atoms with Gasteiger partial charge in [-0.25, -0.2) is 9.37 Å². The highest BCUT2D eigenvalue weighted by molar-refractivity contribution is 5.84. The fourth-order valence-electron chi connectivity index (χ4n) is 3.95. The van der Waals surface area contributed by atoms with Gasteiger partial charge in [0.05, 0.1) is 6.54 Å². The number of halogens is 1. The van der Waals surface area contributed by atoms with Crippen LogP contribution in [0, 0.1) is 12.7 Å². The maximum Gasteiger partial charge on any atom is 0.260 e. The zero-order valence-electron chi connectivity index (χ0n) is 18.9. The lowest BCUT2D eigenvalue weighted by molar-refractivity contribution is -0.138. The summed E-state index contributed by atoms with van der Waals surface area (Å²) in [4.78, 5) is 19.1. The summed E-state index contributed by atoms with van der Waals surface area (Å²) >= 11 is 0. The topological polar surface area (TPSA) is 90.6 Å². The normalized spacial score (nSPS) is 13.4. The quantitative estimate of drug-likeness (QED) is 0.384. The highest BCUT2D eigenvalue weighted by atomic mass is 19.1. The molecule has 1 amide bonds. The van der Waals surface area contributed by atoms with E-state index < -0.39 is 12.0 Å². The van der Waals surface area contributed by atoms with Crippen molar-refractivity contribution in [2.45, 2.75) is 19.6 Å². The standard InChI is InChI=1S/C27H23FN4O3/c1-17-5-11-21(12-6-17)29-26-24(18-7-9-20(28)10-8-18)30-23-16-31(13-14-32(23)26)27(35)25(34)19-3-2-4-22(33)15-19/h2-15,25,29,33-34H,16H2,1H3. The van der Waals surface area contributed by atoms with Crippen LogP contribution in [0.15, 0.2) is 79.0 Å². The average molecular weight is 471 g/mol. The second kappa shape index (κ2) is 9.08. The molecule has 5 rings (SSSR count). The van der Waals surface area contributed by atoms with Gasteiger partial charge in [0, 0.05) is 23.7 Å². The molecule has 0 bridgehead atoms. The van der Waals surface area contributed by atoms with Gasteiger partial charge in [-0.05, 0) is 61.0 Å². The molecular formula is C27H23FN4O3.